The Hall–Kier alpha value is -2.26. The number of nitriles is 1. The van der Waals surface area contributed by atoms with Gasteiger partial charge in [0, 0.05) is 11.8 Å². The van der Waals surface area contributed by atoms with Gasteiger partial charge in [-0.15, -0.1) is 0 Å². The molecule has 0 fully saturated rings. The van der Waals surface area contributed by atoms with Crippen molar-refractivity contribution in [2.75, 3.05) is 0 Å². The molecule has 0 aliphatic heterocycles. The van der Waals surface area contributed by atoms with Gasteiger partial charge in [-0.1, -0.05) is 18.2 Å². The van der Waals surface area contributed by atoms with E-state index in [-0.39, 0.29) is 16.2 Å². The lowest BCUT2D eigenvalue weighted by Crippen LogP contribution is -2.08. The van der Waals surface area contributed by atoms with Crippen LogP contribution in [0.1, 0.15) is 11.3 Å². The Morgan fingerprint density at radius 1 is 1.21 bits per heavy atom. The molecule has 19 heavy (non-hydrogen) atoms. The van der Waals surface area contributed by atoms with Crippen LogP contribution in [0.3, 0.4) is 0 Å². The molecule has 0 saturated carbocycles. The number of sulfone groups is 1. The molecule has 0 amide bonds. The molecule has 0 saturated heterocycles. The van der Waals surface area contributed by atoms with Crippen molar-refractivity contribution in [1.29, 1.82) is 5.26 Å². The molecule has 2 rings (SSSR count). The zero-order chi connectivity index (χ0) is 13.9. The van der Waals surface area contributed by atoms with E-state index in [2.05, 4.69) is 4.98 Å². The smallest absolute Gasteiger partial charge is 0.185 e. The van der Waals surface area contributed by atoms with Crippen LogP contribution in [0.15, 0.2) is 47.5 Å². The summed E-state index contributed by atoms with van der Waals surface area (Å²) in [6, 6.07) is 9.99. The maximum absolute atomic E-state index is 13.5. The van der Waals surface area contributed by atoms with Gasteiger partial charge in [-0.3, -0.25) is 0 Å². The van der Waals surface area contributed by atoms with Crippen LogP contribution in [0.4, 0.5) is 4.39 Å². The number of hydrogen-bond acceptors (Lipinski definition) is 4. The SMILES string of the molecule is N#Cc1ncccc1CS(=O)(=O)c1ccccc1F. The van der Waals surface area contributed by atoms with Crippen molar-refractivity contribution in [2.45, 2.75) is 10.6 Å². The molecule has 0 unspecified atom stereocenters. The van der Waals surface area contributed by atoms with Crippen molar-refractivity contribution in [2.24, 2.45) is 0 Å². The summed E-state index contributed by atoms with van der Waals surface area (Å²) in [5.74, 6) is -1.25. The molecule has 1 heterocycles. The normalized spacial score (nSPS) is 10.9. The lowest BCUT2D eigenvalue weighted by atomic mass is 10.2. The Labute approximate surface area is 110 Å². The maximum atomic E-state index is 13.5. The van der Waals surface area contributed by atoms with E-state index < -0.39 is 21.4 Å². The molecule has 0 aliphatic carbocycles. The Morgan fingerprint density at radius 2 is 1.95 bits per heavy atom. The molecule has 0 atom stereocenters. The predicted octanol–water partition coefficient (Wildman–Crippen LogP) is 2.07. The Morgan fingerprint density at radius 3 is 2.63 bits per heavy atom. The quantitative estimate of drug-likeness (QED) is 0.860. The third kappa shape index (κ3) is 2.77. The first-order valence-electron chi connectivity index (χ1n) is 5.36. The fourth-order valence-electron chi connectivity index (χ4n) is 1.64. The first-order chi connectivity index (χ1) is 9.04. The third-order valence-corrected chi connectivity index (χ3v) is 4.21. The Kier molecular flexibility index (Phi) is 3.58. The van der Waals surface area contributed by atoms with E-state index >= 15 is 0 Å². The number of pyridine rings is 1. The highest BCUT2D eigenvalue weighted by molar-refractivity contribution is 7.90. The van der Waals surface area contributed by atoms with Crippen LogP contribution in [0, 0.1) is 17.1 Å². The number of hydrogen-bond donors (Lipinski definition) is 0. The Bertz CT molecular complexity index is 751. The van der Waals surface area contributed by atoms with Crippen molar-refractivity contribution in [3.8, 4) is 6.07 Å². The molecule has 0 radical (unpaired) electrons. The van der Waals surface area contributed by atoms with Gasteiger partial charge in [0.2, 0.25) is 0 Å². The first kappa shape index (κ1) is 13.2. The molecule has 0 N–H and O–H groups in total. The number of benzene rings is 1. The van der Waals surface area contributed by atoms with Crippen LogP contribution in [0.5, 0.6) is 0 Å². The van der Waals surface area contributed by atoms with Crippen LogP contribution in [-0.2, 0) is 15.6 Å². The first-order valence-corrected chi connectivity index (χ1v) is 7.01. The molecule has 0 aliphatic rings. The molecule has 1 aromatic carbocycles. The van der Waals surface area contributed by atoms with Crippen molar-refractivity contribution >= 4 is 9.84 Å². The molecule has 6 heteroatoms. The van der Waals surface area contributed by atoms with Gasteiger partial charge in [0.15, 0.2) is 9.84 Å². The summed E-state index contributed by atoms with van der Waals surface area (Å²) in [6.45, 7) is 0. The standard InChI is InChI=1S/C13H9FN2O2S/c14-11-5-1-2-6-13(11)19(17,18)9-10-4-3-7-16-12(10)8-15/h1-7H,9H2. The summed E-state index contributed by atoms with van der Waals surface area (Å²) in [5, 5.41) is 8.86. The van der Waals surface area contributed by atoms with Gasteiger partial charge in [0.05, 0.1) is 5.75 Å². The van der Waals surface area contributed by atoms with E-state index in [9.17, 15) is 12.8 Å². The highest BCUT2D eigenvalue weighted by atomic mass is 32.2. The topological polar surface area (TPSA) is 70.8 Å². The lowest BCUT2D eigenvalue weighted by molar-refractivity contribution is 0.566. The van der Waals surface area contributed by atoms with Crippen LogP contribution >= 0.6 is 0 Å². The van der Waals surface area contributed by atoms with Gasteiger partial charge >= 0.3 is 0 Å². The minimum Gasteiger partial charge on any atom is -0.245 e. The number of aromatic nitrogens is 1. The number of nitrogens with zero attached hydrogens (tertiary/aromatic N) is 2. The lowest BCUT2D eigenvalue weighted by Gasteiger charge is -2.06. The summed E-state index contributed by atoms with van der Waals surface area (Å²) < 4.78 is 37.7. The largest absolute Gasteiger partial charge is 0.245 e. The van der Waals surface area contributed by atoms with Crippen LogP contribution in [0.2, 0.25) is 0 Å². The van der Waals surface area contributed by atoms with E-state index in [0.717, 1.165) is 6.07 Å². The molecule has 4 nitrogen and oxygen atoms in total. The van der Waals surface area contributed by atoms with Crippen LogP contribution in [0.25, 0.3) is 0 Å². The van der Waals surface area contributed by atoms with E-state index in [0.29, 0.717) is 0 Å². The van der Waals surface area contributed by atoms with Crippen LogP contribution in [-0.4, -0.2) is 13.4 Å². The number of rotatable bonds is 3. The molecule has 1 aromatic heterocycles. The van der Waals surface area contributed by atoms with Crippen molar-refractivity contribution in [3.63, 3.8) is 0 Å². The van der Waals surface area contributed by atoms with E-state index in [1.54, 1.807) is 0 Å². The fraction of sp³-hybridized carbons (Fsp3) is 0.0769. The Balaban J connectivity index is 2.44. The average Bonchev–Trinajstić information content (AvgIpc) is 2.39. The van der Waals surface area contributed by atoms with Crippen LogP contribution < -0.4 is 0 Å². The molecule has 96 valence electrons. The molecule has 2 aromatic rings. The van der Waals surface area contributed by atoms with Gasteiger partial charge in [-0.2, -0.15) is 5.26 Å². The second kappa shape index (κ2) is 5.16. The average molecular weight is 276 g/mol. The second-order valence-corrected chi connectivity index (χ2v) is 5.77. The highest BCUT2D eigenvalue weighted by Crippen LogP contribution is 2.20. The van der Waals surface area contributed by atoms with E-state index in [1.807, 2.05) is 6.07 Å². The van der Waals surface area contributed by atoms with Crippen molar-refractivity contribution < 1.29 is 12.8 Å². The molecule has 0 spiro atoms. The van der Waals surface area contributed by atoms with Gasteiger partial charge in [0.25, 0.3) is 0 Å². The monoisotopic (exact) mass is 276 g/mol. The van der Waals surface area contributed by atoms with Gasteiger partial charge in [-0.25, -0.2) is 17.8 Å². The van der Waals surface area contributed by atoms with Gasteiger partial charge < -0.3 is 0 Å². The highest BCUT2D eigenvalue weighted by Gasteiger charge is 2.21. The zero-order valence-corrected chi connectivity index (χ0v) is 10.6. The molecule has 0 bridgehead atoms. The number of halogens is 1. The summed E-state index contributed by atoms with van der Waals surface area (Å²) >= 11 is 0. The second-order valence-electron chi connectivity index (χ2n) is 3.81. The fourth-order valence-corrected chi connectivity index (χ4v) is 3.08. The summed E-state index contributed by atoms with van der Waals surface area (Å²) in [7, 11) is -3.84. The van der Waals surface area contributed by atoms with Gasteiger partial charge in [-0.05, 0) is 18.2 Å². The predicted molar refractivity (Wildman–Crippen MR) is 66.2 cm³/mol. The third-order valence-electron chi connectivity index (χ3n) is 2.51. The van der Waals surface area contributed by atoms with E-state index in [4.69, 9.17) is 5.26 Å². The summed E-state index contributed by atoms with van der Waals surface area (Å²) in [5.41, 5.74) is 0.288. The minimum absolute atomic E-state index is 0.0300. The maximum Gasteiger partial charge on any atom is 0.185 e. The molecular weight excluding hydrogens is 267 g/mol. The minimum atomic E-state index is -3.84. The molecular formula is C13H9FN2O2S. The van der Waals surface area contributed by atoms with E-state index in [1.165, 1.54) is 36.5 Å². The van der Waals surface area contributed by atoms with Crippen molar-refractivity contribution in [3.05, 3.63) is 59.7 Å². The summed E-state index contributed by atoms with van der Waals surface area (Å²) in [4.78, 5) is 3.41. The van der Waals surface area contributed by atoms with Crippen molar-refractivity contribution in [1.82, 2.24) is 4.98 Å². The summed E-state index contributed by atoms with van der Waals surface area (Å²) in [6.07, 6.45) is 1.40. The van der Waals surface area contributed by atoms with Gasteiger partial charge in [0.1, 0.15) is 22.5 Å². The zero-order valence-electron chi connectivity index (χ0n) is 9.75.